The quantitative estimate of drug-likeness (QED) is 0.484. The van der Waals surface area contributed by atoms with E-state index < -0.39 is 23.4 Å². The molecule has 0 aromatic heterocycles. The number of Topliss-reactive ketones (excluding diaryl/α,β-unsaturated/α-hetero) is 1. The van der Waals surface area contributed by atoms with Gasteiger partial charge in [0.2, 0.25) is 5.54 Å². The molecule has 0 aliphatic carbocycles. The number of nitrogens with two attached hydrogens (primary N) is 1. The lowest BCUT2D eigenvalue weighted by molar-refractivity contribution is -0.144. The maximum Gasteiger partial charge on any atom is 0.334 e. The Balaban J connectivity index is 2.33. The molecule has 0 radical (unpaired) electrons. The Morgan fingerprint density at radius 1 is 1.15 bits per heavy atom. The van der Waals surface area contributed by atoms with E-state index in [1.165, 1.54) is 25.3 Å². The number of ether oxygens (including phenoxy) is 2. The fourth-order valence-corrected chi connectivity index (χ4v) is 2.37. The van der Waals surface area contributed by atoms with Crippen LogP contribution >= 0.6 is 0 Å². The molecule has 0 saturated carbocycles. The standard InChI is InChI=1S/C19H21NO6/c1-12(21)19(20,18(23)24)17(22)14-8-9-15(25-2)16(10-14)26-11-13-6-4-3-5-7-13/h3-10,12,21H,11,20H2,1-2H3,(H,23,24). The lowest BCUT2D eigenvalue weighted by Gasteiger charge is -2.26. The van der Waals surface area contributed by atoms with Gasteiger partial charge < -0.3 is 25.4 Å². The van der Waals surface area contributed by atoms with Crippen molar-refractivity contribution in [3.05, 3.63) is 59.7 Å². The van der Waals surface area contributed by atoms with Crippen molar-refractivity contribution in [3.8, 4) is 11.5 Å². The van der Waals surface area contributed by atoms with Gasteiger partial charge >= 0.3 is 5.97 Å². The number of methoxy groups -OCH3 is 1. The van der Waals surface area contributed by atoms with Crippen molar-refractivity contribution in [2.24, 2.45) is 5.73 Å². The molecule has 2 unspecified atom stereocenters. The molecule has 0 fully saturated rings. The zero-order valence-corrected chi connectivity index (χ0v) is 14.5. The summed E-state index contributed by atoms with van der Waals surface area (Å²) in [6.07, 6.45) is -1.58. The first-order valence-electron chi connectivity index (χ1n) is 7.90. The fraction of sp³-hybridized carbons (Fsp3) is 0.263. The second kappa shape index (κ2) is 7.99. The van der Waals surface area contributed by atoms with Crippen LogP contribution in [0.4, 0.5) is 0 Å². The number of carbonyl (C=O) groups excluding carboxylic acids is 1. The molecular formula is C19H21NO6. The number of aliphatic hydroxyl groups excluding tert-OH is 1. The topological polar surface area (TPSA) is 119 Å². The molecule has 0 aliphatic rings. The molecule has 4 N–H and O–H groups in total. The molecule has 2 atom stereocenters. The van der Waals surface area contributed by atoms with Crippen molar-refractivity contribution in [3.63, 3.8) is 0 Å². The van der Waals surface area contributed by atoms with E-state index in [9.17, 15) is 19.8 Å². The van der Waals surface area contributed by atoms with Gasteiger partial charge in [0.1, 0.15) is 6.61 Å². The highest BCUT2D eigenvalue weighted by molar-refractivity contribution is 6.16. The highest BCUT2D eigenvalue weighted by Crippen LogP contribution is 2.30. The number of hydrogen-bond donors (Lipinski definition) is 3. The Bertz CT molecular complexity index is 790. The summed E-state index contributed by atoms with van der Waals surface area (Å²) in [4.78, 5) is 24.0. The Labute approximate surface area is 151 Å². The van der Waals surface area contributed by atoms with Gasteiger partial charge in [0.05, 0.1) is 13.2 Å². The van der Waals surface area contributed by atoms with E-state index in [0.717, 1.165) is 12.5 Å². The number of ketones is 1. The second-order valence-electron chi connectivity index (χ2n) is 5.82. The van der Waals surface area contributed by atoms with Crippen molar-refractivity contribution >= 4 is 11.8 Å². The molecule has 0 aliphatic heterocycles. The normalized spacial score (nSPS) is 14.2. The monoisotopic (exact) mass is 359 g/mol. The van der Waals surface area contributed by atoms with Crippen LogP contribution in [0, 0.1) is 0 Å². The smallest absolute Gasteiger partial charge is 0.334 e. The van der Waals surface area contributed by atoms with Crippen LogP contribution in [0.2, 0.25) is 0 Å². The predicted octanol–water partition coefficient (Wildman–Crippen LogP) is 1.62. The average Bonchev–Trinajstić information content (AvgIpc) is 2.65. The molecular weight excluding hydrogens is 338 g/mol. The molecule has 0 amide bonds. The van der Waals surface area contributed by atoms with Crippen LogP contribution in [0.5, 0.6) is 11.5 Å². The van der Waals surface area contributed by atoms with Crippen LogP contribution in [0.25, 0.3) is 0 Å². The summed E-state index contributed by atoms with van der Waals surface area (Å²) in [5.74, 6) is -1.89. The lowest BCUT2D eigenvalue weighted by atomic mass is 9.85. The lowest BCUT2D eigenvalue weighted by Crippen LogP contribution is -2.62. The van der Waals surface area contributed by atoms with E-state index in [1.807, 2.05) is 30.3 Å². The highest BCUT2D eigenvalue weighted by Gasteiger charge is 2.47. The average molecular weight is 359 g/mol. The summed E-state index contributed by atoms with van der Waals surface area (Å²) in [5, 5.41) is 19.0. The van der Waals surface area contributed by atoms with Gasteiger partial charge in [0.15, 0.2) is 17.3 Å². The van der Waals surface area contributed by atoms with Crippen LogP contribution in [0.3, 0.4) is 0 Å². The zero-order chi connectivity index (χ0) is 19.3. The Morgan fingerprint density at radius 3 is 2.35 bits per heavy atom. The third-order valence-corrected chi connectivity index (χ3v) is 4.05. The molecule has 26 heavy (non-hydrogen) atoms. The van der Waals surface area contributed by atoms with Gasteiger partial charge in [-0.25, -0.2) is 4.79 Å². The van der Waals surface area contributed by atoms with Crippen molar-refractivity contribution in [1.29, 1.82) is 0 Å². The minimum atomic E-state index is -2.45. The molecule has 0 saturated heterocycles. The molecule has 2 aromatic carbocycles. The van der Waals surface area contributed by atoms with Crippen molar-refractivity contribution in [2.45, 2.75) is 25.2 Å². The fourth-order valence-electron chi connectivity index (χ4n) is 2.37. The summed E-state index contributed by atoms with van der Waals surface area (Å²) >= 11 is 0. The summed E-state index contributed by atoms with van der Waals surface area (Å²) in [6, 6.07) is 13.6. The number of aliphatic hydroxyl groups is 1. The predicted molar refractivity (Wildman–Crippen MR) is 94.3 cm³/mol. The summed E-state index contributed by atoms with van der Waals surface area (Å²) in [5.41, 5.74) is 4.13. The summed E-state index contributed by atoms with van der Waals surface area (Å²) in [7, 11) is 1.45. The van der Waals surface area contributed by atoms with E-state index in [-0.39, 0.29) is 17.9 Å². The van der Waals surface area contributed by atoms with Gasteiger partial charge in [0.25, 0.3) is 0 Å². The summed E-state index contributed by atoms with van der Waals surface area (Å²) in [6.45, 7) is 1.39. The maximum absolute atomic E-state index is 12.6. The molecule has 0 bridgehead atoms. The Morgan fingerprint density at radius 2 is 1.81 bits per heavy atom. The van der Waals surface area contributed by atoms with Gasteiger partial charge in [-0.1, -0.05) is 30.3 Å². The van der Waals surface area contributed by atoms with Crippen LogP contribution in [-0.2, 0) is 11.4 Å². The van der Waals surface area contributed by atoms with Crippen LogP contribution < -0.4 is 15.2 Å². The Hall–Kier alpha value is -2.90. The van der Waals surface area contributed by atoms with E-state index in [1.54, 1.807) is 0 Å². The number of carboxylic acids is 1. The number of carbonyl (C=O) groups is 2. The molecule has 0 heterocycles. The molecule has 7 heteroatoms. The third-order valence-electron chi connectivity index (χ3n) is 4.05. The van der Waals surface area contributed by atoms with E-state index in [4.69, 9.17) is 15.2 Å². The molecule has 2 aromatic rings. The first kappa shape index (κ1) is 19.4. The third kappa shape index (κ3) is 3.84. The minimum absolute atomic E-state index is 0.000313. The number of rotatable bonds is 8. The van der Waals surface area contributed by atoms with E-state index in [0.29, 0.717) is 5.75 Å². The van der Waals surface area contributed by atoms with Crippen LogP contribution in [0.1, 0.15) is 22.8 Å². The first-order chi connectivity index (χ1) is 12.3. The SMILES string of the molecule is COc1ccc(C(=O)C(N)(C(=O)O)C(C)O)cc1OCc1ccccc1. The van der Waals surface area contributed by atoms with Crippen molar-refractivity contribution in [1.82, 2.24) is 0 Å². The first-order valence-corrected chi connectivity index (χ1v) is 7.90. The van der Waals surface area contributed by atoms with Crippen LogP contribution in [-0.4, -0.2) is 40.7 Å². The number of carboxylic acid groups (broad SMARTS) is 1. The number of aliphatic carboxylic acids is 1. The summed E-state index contributed by atoms with van der Waals surface area (Å²) < 4.78 is 10.9. The van der Waals surface area contributed by atoms with Gasteiger partial charge in [-0.3, -0.25) is 4.79 Å². The molecule has 0 spiro atoms. The van der Waals surface area contributed by atoms with Gasteiger partial charge in [-0.2, -0.15) is 0 Å². The minimum Gasteiger partial charge on any atom is -0.493 e. The Kier molecular flexibility index (Phi) is 5.97. The second-order valence-corrected chi connectivity index (χ2v) is 5.82. The van der Waals surface area contributed by atoms with Gasteiger partial charge in [0, 0.05) is 5.56 Å². The molecule has 7 nitrogen and oxygen atoms in total. The van der Waals surface area contributed by atoms with E-state index >= 15 is 0 Å². The van der Waals surface area contributed by atoms with Gasteiger partial charge in [-0.15, -0.1) is 0 Å². The van der Waals surface area contributed by atoms with E-state index in [2.05, 4.69) is 0 Å². The van der Waals surface area contributed by atoms with Crippen molar-refractivity contribution in [2.75, 3.05) is 7.11 Å². The van der Waals surface area contributed by atoms with Crippen molar-refractivity contribution < 1.29 is 29.3 Å². The highest BCUT2D eigenvalue weighted by atomic mass is 16.5. The maximum atomic E-state index is 12.6. The largest absolute Gasteiger partial charge is 0.493 e. The number of hydrogen-bond acceptors (Lipinski definition) is 6. The number of benzene rings is 2. The van der Waals surface area contributed by atoms with Crippen LogP contribution in [0.15, 0.2) is 48.5 Å². The molecule has 2 rings (SSSR count). The molecule has 138 valence electrons. The zero-order valence-electron chi connectivity index (χ0n) is 14.5. The van der Waals surface area contributed by atoms with Gasteiger partial charge in [-0.05, 0) is 30.7 Å².